The fourth-order valence-electron chi connectivity index (χ4n) is 3.11. The van der Waals surface area contributed by atoms with Crippen molar-refractivity contribution in [3.8, 4) is 0 Å². The van der Waals surface area contributed by atoms with E-state index >= 15 is 0 Å². The van der Waals surface area contributed by atoms with Gasteiger partial charge in [-0.15, -0.1) is 22.7 Å². The maximum absolute atomic E-state index is 12.5. The van der Waals surface area contributed by atoms with Gasteiger partial charge < -0.3 is 4.98 Å². The molecule has 0 spiro atoms. The third kappa shape index (κ3) is 2.68. The number of para-hydroxylation sites is 1. The quantitative estimate of drug-likeness (QED) is 0.383. The molecule has 0 fully saturated rings. The molecule has 0 atom stereocenters. The van der Waals surface area contributed by atoms with E-state index in [-0.39, 0.29) is 11.8 Å². The standard InChI is InChI=1S/C20H13N3O2S2/c24-19(13-10-21-14-7-3-1-5-11(13)14)22-23-20(25)17-9-16-18(27-17)12-6-2-4-8-15(12)26-16/h1-10,21H,(H,22,24)(H,23,25). The summed E-state index contributed by atoms with van der Waals surface area (Å²) >= 11 is 3.10. The lowest BCUT2D eigenvalue weighted by atomic mass is 10.2. The SMILES string of the molecule is O=C(NNC(=O)c1c[nH]c2ccccc12)c1cc2sc3ccccc3c2s1. The number of fused-ring (bicyclic) bond motifs is 4. The van der Waals surface area contributed by atoms with Gasteiger partial charge in [-0.05, 0) is 18.2 Å². The van der Waals surface area contributed by atoms with Crippen molar-refractivity contribution in [3.63, 3.8) is 0 Å². The van der Waals surface area contributed by atoms with Gasteiger partial charge in [0.2, 0.25) is 0 Å². The summed E-state index contributed by atoms with van der Waals surface area (Å²) in [5.41, 5.74) is 6.38. The molecule has 0 aliphatic heterocycles. The molecule has 5 nitrogen and oxygen atoms in total. The Kier molecular flexibility index (Phi) is 3.70. The highest BCUT2D eigenvalue weighted by atomic mass is 32.1. The van der Waals surface area contributed by atoms with E-state index in [9.17, 15) is 9.59 Å². The third-order valence-electron chi connectivity index (χ3n) is 4.40. The van der Waals surface area contributed by atoms with Gasteiger partial charge in [0.1, 0.15) is 0 Å². The molecule has 0 aliphatic rings. The monoisotopic (exact) mass is 391 g/mol. The molecule has 0 saturated carbocycles. The predicted octanol–water partition coefficient (Wildman–Crippen LogP) is 4.67. The number of thiophene rings is 2. The fraction of sp³-hybridized carbons (Fsp3) is 0. The summed E-state index contributed by atoms with van der Waals surface area (Å²) < 4.78 is 3.39. The lowest BCUT2D eigenvalue weighted by Gasteiger charge is -2.05. The minimum atomic E-state index is -0.357. The second-order valence-electron chi connectivity index (χ2n) is 6.06. The number of hydrazine groups is 1. The molecule has 27 heavy (non-hydrogen) atoms. The molecule has 0 radical (unpaired) electrons. The first kappa shape index (κ1) is 16.0. The molecule has 2 amide bonds. The fourth-order valence-corrected chi connectivity index (χ4v) is 5.53. The number of amides is 2. The second kappa shape index (κ2) is 6.22. The van der Waals surface area contributed by atoms with E-state index < -0.39 is 0 Å². The smallest absolute Gasteiger partial charge is 0.279 e. The van der Waals surface area contributed by atoms with Crippen LogP contribution in [0.4, 0.5) is 0 Å². The van der Waals surface area contributed by atoms with Crippen molar-refractivity contribution in [2.24, 2.45) is 0 Å². The van der Waals surface area contributed by atoms with Crippen LogP contribution in [0.25, 0.3) is 30.4 Å². The van der Waals surface area contributed by atoms with Crippen LogP contribution < -0.4 is 10.9 Å². The van der Waals surface area contributed by atoms with Crippen molar-refractivity contribution in [2.75, 3.05) is 0 Å². The molecule has 2 aromatic carbocycles. The van der Waals surface area contributed by atoms with E-state index in [1.165, 1.54) is 16.0 Å². The van der Waals surface area contributed by atoms with E-state index in [0.717, 1.165) is 25.7 Å². The molecule has 0 bridgehead atoms. The zero-order valence-electron chi connectivity index (χ0n) is 13.9. The Morgan fingerprint density at radius 3 is 2.44 bits per heavy atom. The van der Waals surface area contributed by atoms with Gasteiger partial charge in [-0.3, -0.25) is 20.4 Å². The summed E-state index contributed by atoms with van der Waals surface area (Å²) in [6.45, 7) is 0. The summed E-state index contributed by atoms with van der Waals surface area (Å²) in [5, 5.41) is 1.97. The van der Waals surface area contributed by atoms with E-state index in [2.05, 4.69) is 28.0 Å². The van der Waals surface area contributed by atoms with Crippen LogP contribution in [-0.4, -0.2) is 16.8 Å². The largest absolute Gasteiger partial charge is 0.360 e. The Hall–Kier alpha value is -3.16. The highest BCUT2D eigenvalue weighted by Crippen LogP contribution is 2.39. The Morgan fingerprint density at radius 2 is 1.56 bits per heavy atom. The number of H-pyrrole nitrogens is 1. The van der Waals surface area contributed by atoms with Crippen LogP contribution in [0.15, 0.2) is 60.8 Å². The van der Waals surface area contributed by atoms with Gasteiger partial charge >= 0.3 is 0 Å². The van der Waals surface area contributed by atoms with Crippen molar-refractivity contribution in [1.29, 1.82) is 0 Å². The van der Waals surface area contributed by atoms with Crippen molar-refractivity contribution < 1.29 is 9.59 Å². The van der Waals surface area contributed by atoms with Crippen LogP contribution in [0.1, 0.15) is 20.0 Å². The second-order valence-corrected chi connectivity index (χ2v) is 8.19. The molecule has 0 unspecified atom stereocenters. The number of rotatable bonds is 2. The molecular weight excluding hydrogens is 378 g/mol. The van der Waals surface area contributed by atoms with Crippen LogP contribution in [-0.2, 0) is 0 Å². The lowest BCUT2D eigenvalue weighted by Crippen LogP contribution is -2.41. The summed E-state index contributed by atoms with van der Waals surface area (Å²) in [5.74, 6) is -0.676. The summed E-state index contributed by atoms with van der Waals surface area (Å²) in [7, 11) is 0. The van der Waals surface area contributed by atoms with Crippen LogP contribution in [0.5, 0.6) is 0 Å². The van der Waals surface area contributed by atoms with E-state index in [4.69, 9.17) is 0 Å². The first-order valence-electron chi connectivity index (χ1n) is 8.28. The van der Waals surface area contributed by atoms with Crippen LogP contribution in [0.2, 0.25) is 0 Å². The van der Waals surface area contributed by atoms with Gasteiger partial charge in [-0.25, -0.2) is 0 Å². The predicted molar refractivity (Wildman–Crippen MR) is 110 cm³/mol. The maximum atomic E-state index is 12.5. The van der Waals surface area contributed by atoms with Crippen molar-refractivity contribution in [3.05, 3.63) is 71.2 Å². The number of carbonyl (C=O) groups excluding carboxylic acids is 2. The zero-order valence-corrected chi connectivity index (χ0v) is 15.5. The normalized spacial score (nSPS) is 11.3. The van der Waals surface area contributed by atoms with Crippen LogP contribution >= 0.6 is 22.7 Å². The summed E-state index contributed by atoms with van der Waals surface area (Å²) in [6, 6.07) is 17.5. The van der Waals surface area contributed by atoms with Gasteiger partial charge in [0.25, 0.3) is 11.8 Å². The Bertz CT molecular complexity index is 1330. The van der Waals surface area contributed by atoms with E-state index in [1.807, 2.05) is 42.5 Å². The lowest BCUT2D eigenvalue weighted by molar-refractivity contribution is 0.0850. The first-order chi connectivity index (χ1) is 13.2. The molecule has 7 heteroatoms. The average molecular weight is 391 g/mol. The van der Waals surface area contributed by atoms with Crippen molar-refractivity contribution in [1.82, 2.24) is 15.8 Å². The summed E-state index contributed by atoms with van der Waals surface area (Å²) in [6.07, 6.45) is 1.64. The van der Waals surface area contributed by atoms with Crippen molar-refractivity contribution in [2.45, 2.75) is 0 Å². The molecule has 0 aliphatic carbocycles. The molecule has 3 N–H and O–H groups in total. The molecule has 132 valence electrons. The topological polar surface area (TPSA) is 74.0 Å². The Morgan fingerprint density at radius 1 is 0.815 bits per heavy atom. The highest BCUT2D eigenvalue weighted by Gasteiger charge is 2.16. The van der Waals surface area contributed by atoms with Gasteiger partial charge in [-0.1, -0.05) is 36.4 Å². The molecule has 5 rings (SSSR count). The molecule has 3 aromatic heterocycles. The Labute approximate surface area is 161 Å². The number of aromatic amines is 1. The number of hydrogen-bond donors (Lipinski definition) is 3. The number of carbonyl (C=O) groups is 2. The minimum Gasteiger partial charge on any atom is -0.360 e. The van der Waals surface area contributed by atoms with E-state index in [0.29, 0.717) is 10.4 Å². The molecule has 0 saturated heterocycles. The van der Waals surface area contributed by atoms with Gasteiger partial charge in [0.05, 0.1) is 15.1 Å². The number of aromatic nitrogens is 1. The highest BCUT2D eigenvalue weighted by molar-refractivity contribution is 7.33. The first-order valence-corrected chi connectivity index (χ1v) is 9.92. The van der Waals surface area contributed by atoms with Crippen molar-refractivity contribution >= 4 is 64.9 Å². The molecular formula is C20H13N3O2S2. The van der Waals surface area contributed by atoms with Gasteiger partial charge in [-0.2, -0.15) is 0 Å². The third-order valence-corrected chi connectivity index (χ3v) is 6.81. The van der Waals surface area contributed by atoms with Gasteiger partial charge in [0, 0.05) is 31.9 Å². The maximum Gasteiger partial charge on any atom is 0.279 e. The van der Waals surface area contributed by atoms with Crippen LogP contribution in [0, 0.1) is 0 Å². The molecule has 3 heterocycles. The number of hydrogen-bond acceptors (Lipinski definition) is 4. The number of nitrogens with one attached hydrogen (secondary N) is 3. The Balaban J connectivity index is 1.35. The summed E-state index contributed by atoms with van der Waals surface area (Å²) in [4.78, 5) is 28.5. The van der Waals surface area contributed by atoms with Gasteiger partial charge in [0.15, 0.2) is 0 Å². The molecule has 5 aromatic rings. The van der Waals surface area contributed by atoms with Crippen LogP contribution in [0.3, 0.4) is 0 Å². The minimum absolute atomic E-state index is 0.319. The zero-order chi connectivity index (χ0) is 18.4. The average Bonchev–Trinajstić information content (AvgIpc) is 3.38. The van der Waals surface area contributed by atoms with E-state index in [1.54, 1.807) is 17.5 Å². The number of benzene rings is 2.